The van der Waals surface area contributed by atoms with Crippen LogP contribution in [0.3, 0.4) is 0 Å². The number of nitrogens with zero attached hydrogens (tertiary/aromatic N) is 1. The molecule has 3 aromatic rings. The maximum absolute atomic E-state index is 13.2. The van der Waals surface area contributed by atoms with Crippen molar-refractivity contribution in [2.75, 3.05) is 18.4 Å². The van der Waals surface area contributed by atoms with E-state index in [1.807, 2.05) is 30.3 Å². The number of carboxylic acids is 1. The minimum absolute atomic E-state index is 0.0918. The van der Waals surface area contributed by atoms with E-state index < -0.39 is 5.97 Å². The Balaban J connectivity index is 1.18. The Labute approximate surface area is 218 Å². The molecule has 5 nitrogen and oxygen atoms in total. The smallest absolute Gasteiger partial charge is 0.335 e. The average molecular weight is 495 g/mol. The molecule has 2 aliphatic carbocycles. The van der Waals surface area contributed by atoms with E-state index in [9.17, 15) is 9.59 Å². The lowest BCUT2D eigenvalue weighted by Crippen LogP contribution is -2.58. The van der Waals surface area contributed by atoms with E-state index in [0.29, 0.717) is 17.5 Å². The minimum Gasteiger partial charge on any atom is -0.478 e. The molecule has 2 N–H and O–H groups in total. The molecule has 2 bridgehead atoms. The Morgan fingerprint density at radius 1 is 0.973 bits per heavy atom. The van der Waals surface area contributed by atoms with Gasteiger partial charge in [0.1, 0.15) is 0 Å². The van der Waals surface area contributed by atoms with Gasteiger partial charge in [-0.3, -0.25) is 9.69 Å². The van der Waals surface area contributed by atoms with Crippen LogP contribution in [0.2, 0.25) is 0 Å². The molecule has 0 spiro atoms. The number of amides is 1. The normalized spacial score (nSPS) is 24.8. The molecule has 1 amide bonds. The van der Waals surface area contributed by atoms with Gasteiger partial charge in [0.25, 0.3) is 5.91 Å². The molecule has 2 fully saturated rings. The predicted octanol–water partition coefficient (Wildman–Crippen LogP) is 6.24. The molecule has 1 aliphatic heterocycles. The summed E-state index contributed by atoms with van der Waals surface area (Å²) in [4.78, 5) is 27.1. The van der Waals surface area contributed by atoms with Gasteiger partial charge in [0, 0.05) is 23.8 Å². The molecule has 1 saturated carbocycles. The van der Waals surface area contributed by atoms with Gasteiger partial charge in [0.2, 0.25) is 0 Å². The molecule has 190 valence electrons. The van der Waals surface area contributed by atoms with Gasteiger partial charge in [-0.25, -0.2) is 4.79 Å². The SMILES string of the molecule is CC1C2Cc3ccc(C(=O)Nc4ccc(-c5ccc(C(=O)O)cc5)cc4)cc3[C@@]1(C)CCN2CC1CC1. The van der Waals surface area contributed by atoms with Crippen molar-refractivity contribution in [2.24, 2.45) is 11.8 Å². The number of fused-ring (bicyclic) bond motifs is 4. The van der Waals surface area contributed by atoms with Gasteiger partial charge >= 0.3 is 5.97 Å². The fourth-order valence-corrected chi connectivity index (χ4v) is 6.46. The Morgan fingerprint density at radius 2 is 1.62 bits per heavy atom. The van der Waals surface area contributed by atoms with Gasteiger partial charge in [-0.15, -0.1) is 0 Å². The van der Waals surface area contributed by atoms with Gasteiger partial charge in [-0.2, -0.15) is 0 Å². The monoisotopic (exact) mass is 494 g/mol. The lowest BCUT2D eigenvalue weighted by atomic mass is 9.59. The standard InChI is InChI=1S/C32H34N2O3/c1-20-29-18-25-9-10-26(17-28(25)32(20,2)15-16-34(29)19-21-3-4-21)30(35)33-27-13-11-23(12-14-27)22-5-7-24(8-6-22)31(36)37/h5-14,17,20-21,29H,3-4,15-16,18-19H2,1-2H3,(H,33,35)(H,36,37)/t20?,29?,32-/m0/s1. The second kappa shape index (κ2) is 9.14. The van der Waals surface area contributed by atoms with E-state index >= 15 is 0 Å². The third-order valence-corrected chi connectivity index (χ3v) is 9.18. The van der Waals surface area contributed by atoms with Crippen molar-refractivity contribution >= 4 is 17.6 Å². The van der Waals surface area contributed by atoms with Crippen LogP contribution in [0.1, 0.15) is 65.0 Å². The molecular weight excluding hydrogens is 460 g/mol. The summed E-state index contributed by atoms with van der Waals surface area (Å²) in [6.07, 6.45) is 5.01. The highest BCUT2D eigenvalue weighted by molar-refractivity contribution is 6.04. The molecule has 3 aliphatic rings. The lowest BCUT2D eigenvalue weighted by molar-refractivity contribution is 0.0284. The summed E-state index contributed by atoms with van der Waals surface area (Å²) in [5, 5.41) is 12.2. The number of hydrogen-bond donors (Lipinski definition) is 2. The highest BCUT2D eigenvalue weighted by Crippen LogP contribution is 2.49. The number of nitrogens with one attached hydrogen (secondary N) is 1. The van der Waals surface area contributed by atoms with Crippen molar-refractivity contribution in [3.05, 3.63) is 89.0 Å². The van der Waals surface area contributed by atoms with Crippen molar-refractivity contribution in [2.45, 2.75) is 51.0 Å². The van der Waals surface area contributed by atoms with Gasteiger partial charge in [-0.05, 0) is 108 Å². The summed E-state index contributed by atoms with van der Waals surface area (Å²) >= 11 is 0. The van der Waals surface area contributed by atoms with Gasteiger partial charge in [-0.1, -0.05) is 44.2 Å². The van der Waals surface area contributed by atoms with Crippen LogP contribution in [0.5, 0.6) is 0 Å². The molecule has 3 atom stereocenters. The Morgan fingerprint density at radius 3 is 2.27 bits per heavy atom. The van der Waals surface area contributed by atoms with Crippen LogP contribution < -0.4 is 5.32 Å². The quantitative estimate of drug-likeness (QED) is 0.426. The Kier molecular flexibility index (Phi) is 5.91. The van der Waals surface area contributed by atoms with Gasteiger partial charge in [0.15, 0.2) is 0 Å². The van der Waals surface area contributed by atoms with E-state index in [0.717, 1.165) is 42.1 Å². The van der Waals surface area contributed by atoms with Crippen LogP contribution in [-0.4, -0.2) is 41.0 Å². The van der Waals surface area contributed by atoms with Crippen molar-refractivity contribution in [3.8, 4) is 11.1 Å². The number of hydrogen-bond acceptors (Lipinski definition) is 3. The molecule has 3 aromatic carbocycles. The van der Waals surface area contributed by atoms with Crippen LogP contribution >= 0.6 is 0 Å². The van der Waals surface area contributed by atoms with E-state index in [1.54, 1.807) is 24.3 Å². The number of anilines is 1. The largest absolute Gasteiger partial charge is 0.478 e. The van der Waals surface area contributed by atoms with Crippen molar-refractivity contribution in [1.82, 2.24) is 4.90 Å². The van der Waals surface area contributed by atoms with Crippen LogP contribution in [0.15, 0.2) is 66.7 Å². The number of likely N-dealkylation sites (tertiary alicyclic amines) is 1. The molecule has 2 unspecified atom stereocenters. The fourth-order valence-electron chi connectivity index (χ4n) is 6.46. The molecule has 1 saturated heterocycles. The summed E-state index contributed by atoms with van der Waals surface area (Å²) < 4.78 is 0. The minimum atomic E-state index is -0.936. The topological polar surface area (TPSA) is 69.6 Å². The highest BCUT2D eigenvalue weighted by atomic mass is 16.4. The zero-order valence-electron chi connectivity index (χ0n) is 21.5. The Hall–Kier alpha value is -3.44. The number of carboxylic acid groups (broad SMARTS) is 1. The van der Waals surface area contributed by atoms with Crippen LogP contribution in [-0.2, 0) is 11.8 Å². The molecule has 0 radical (unpaired) electrons. The van der Waals surface area contributed by atoms with E-state index in [2.05, 4.69) is 36.2 Å². The first-order valence-electron chi connectivity index (χ1n) is 13.4. The van der Waals surface area contributed by atoms with Crippen molar-refractivity contribution in [3.63, 3.8) is 0 Å². The number of aromatic carboxylic acids is 1. The van der Waals surface area contributed by atoms with Crippen molar-refractivity contribution < 1.29 is 14.7 Å². The first-order valence-corrected chi connectivity index (χ1v) is 13.4. The van der Waals surface area contributed by atoms with Gasteiger partial charge in [0.05, 0.1) is 5.56 Å². The van der Waals surface area contributed by atoms with E-state index in [4.69, 9.17) is 5.11 Å². The first-order chi connectivity index (χ1) is 17.8. The fraction of sp³-hybridized carbons (Fsp3) is 0.375. The van der Waals surface area contributed by atoms with E-state index in [-0.39, 0.29) is 16.9 Å². The predicted molar refractivity (Wildman–Crippen MR) is 146 cm³/mol. The number of benzene rings is 3. The summed E-state index contributed by atoms with van der Waals surface area (Å²) in [6, 6.07) is 21.4. The summed E-state index contributed by atoms with van der Waals surface area (Å²) in [6.45, 7) is 7.23. The zero-order valence-corrected chi connectivity index (χ0v) is 21.5. The molecule has 6 rings (SSSR count). The molecule has 0 aromatic heterocycles. The maximum Gasteiger partial charge on any atom is 0.335 e. The number of rotatable bonds is 6. The summed E-state index contributed by atoms with van der Waals surface area (Å²) in [7, 11) is 0. The number of carbonyl (C=O) groups excluding carboxylic acids is 1. The second-order valence-corrected chi connectivity index (χ2v) is 11.5. The van der Waals surface area contributed by atoms with Gasteiger partial charge < -0.3 is 10.4 Å². The molecule has 37 heavy (non-hydrogen) atoms. The molecule has 1 heterocycles. The first kappa shape index (κ1) is 23.9. The number of carbonyl (C=O) groups is 2. The molecular formula is C32H34N2O3. The second-order valence-electron chi connectivity index (χ2n) is 11.5. The Bertz CT molecular complexity index is 1340. The third kappa shape index (κ3) is 4.46. The lowest BCUT2D eigenvalue weighted by Gasteiger charge is -2.55. The van der Waals surface area contributed by atoms with E-state index in [1.165, 1.54) is 30.5 Å². The van der Waals surface area contributed by atoms with Crippen LogP contribution in [0.25, 0.3) is 11.1 Å². The third-order valence-electron chi connectivity index (χ3n) is 9.18. The van der Waals surface area contributed by atoms with Crippen LogP contribution in [0.4, 0.5) is 5.69 Å². The summed E-state index contributed by atoms with van der Waals surface area (Å²) in [5.74, 6) is 0.457. The molecule has 5 heteroatoms. The van der Waals surface area contributed by atoms with Crippen molar-refractivity contribution in [1.29, 1.82) is 0 Å². The maximum atomic E-state index is 13.2. The summed E-state index contributed by atoms with van der Waals surface area (Å²) in [5.41, 5.74) is 6.47. The zero-order chi connectivity index (χ0) is 25.7. The average Bonchev–Trinajstić information content (AvgIpc) is 3.72. The number of piperidine rings is 1. The van der Waals surface area contributed by atoms with Crippen LogP contribution in [0, 0.1) is 11.8 Å². The highest BCUT2D eigenvalue weighted by Gasteiger charge is 2.49.